The van der Waals surface area contributed by atoms with Crippen LogP contribution in [0.25, 0.3) is 11.5 Å². The number of fused-ring (bicyclic) bond motifs is 1. The highest BCUT2D eigenvalue weighted by atomic mass is 15.3. The minimum atomic E-state index is 0.461. The molecule has 2 aromatic rings. The van der Waals surface area contributed by atoms with Gasteiger partial charge in [-0.15, -0.1) is 0 Å². The first-order chi connectivity index (χ1) is 11.6. The molecule has 1 aliphatic carbocycles. The highest BCUT2D eigenvalue weighted by Gasteiger charge is 2.31. The Morgan fingerprint density at radius 2 is 1.92 bits per heavy atom. The second kappa shape index (κ2) is 6.13. The molecule has 1 fully saturated rings. The predicted molar refractivity (Wildman–Crippen MR) is 96.2 cm³/mol. The molecule has 0 N–H and O–H groups in total. The van der Waals surface area contributed by atoms with E-state index in [1.165, 1.54) is 17.7 Å². The van der Waals surface area contributed by atoms with E-state index in [9.17, 15) is 0 Å². The zero-order valence-electron chi connectivity index (χ0n) is 14.7. The second-order valence-electron chi connectivity index (χ2n) is 7.15. The van der Waals surface area contributed by atoms with E-state index in [1.807, 2.05) is 24.4 Å². The lowest BCUT2D eigenvalue weighted by Crippen LogP contribution is -2.55. The first-order valence-corrected chi connectivity index (χ1v) is 8.91. The van der Waals surface area contributed by atoms with Gasteiger partial charge in [-0.05, 0) is 52.3 Å². The Bertz CT molecular complexity index is 730. The van der Waals surface area contributed by atoms with Crippen LogP contribution in [0.1, 0.15) is 31.5 Å². The molecular weight excluding hydrogens is 298 g/mol. The molecular formula is C19H25N5. The molecule has 0 aromatic carbocycles. The van der Waals surface area contributed by atoms with Crippen LogP contribution >= 0.6 is 0 Å². The molecule has 2 aliphatic rings. The van der Waals surface area contributed by atoms with Crippen LogP contribution in [0.4, 0.5) is 5.82 Å². The summed E-state index contributed by atoms with van der Waals surface area (Å²) >= 11 is 0. The van der Waals surface area contributed by atoms with Gasteiger partial charge in [0, 0.05) is 42.6 Å². The molecule has 0 spiro atoms. The number of rotatable bonds is 2. The number of anilines is 1. The number of piperazine rings is 1. The van der Waals surface area contributed by atoms with Crippen LogP contribution in [-0.2, 0) is 12.8 Å². The van der Waals surface area contributed by atoms with Gasteiger partial charge >= 0.3 is 0 Å². The zero-order valence-corrected chi connectivity index (χ0v) is 14.7. The SMILES string of the molecule is C[C@H]1CN(c2nc(-c3ccccn3)nc3c2CCC3)[C@@H](C)CN1C. The maximum absolute atomic E-state index is 4.98. The molecule has 0 amide bonds. The molecule has 4 rings (SSSR count). The topological polar surface area (TPSA) is 45.2 Å². The summed E-state index contributed by atoms with van der Waals surface area (Å²) in [7, 11) is 2.21. The van der Waals surface area contributed by atoms with E-state index in [4.69, 9.17) is 9.97 Å². The third-order valence-electron chi connectivity index (χ3n) is 5.37. The molecule has 0 bridgehead atoms. The van der Waals surface area contributed by atoms with Gasteiger partial charge in [-0.25, -0.2) is 9.97 Å². The maximum Gasteiger partial charge on any atom is 0.180 e. The average Bonchev–Trinajstić information content (AvgIpc) is 3.07. The van der Waals surface area contributed by atoms with Crippen molar-refractivity contribution < 1.29 is 0 Å². The third-order valence-corrected chi connectivity index (χ3v) is 5.37. The van der Waals surface area contributed by atoms with E-state index < -0.39 is 0 Å². The van der Waals surface area contributed by atoms with E-state index in [2.05, 4.69) is 35.7 Å². The van der Waals surface area contributed by atoms with E-state index in [0.29, 0.717) is 12.1 Å². The summed E-state index contributed by atoms with van der Waals surface area (Å²) in [5, 5.41) is 0. The van der Waals surface area contributed by atoms with Gasteiger partial charge < -0.3 is 4.90 Å². The molecule has 24 heavy (non-hydrogen) atoms. The summed E-state index contributed by atoms with van der Waals surface area (Å²) in [4.78, 5) is 19.2. The standard InChI is InChI=1S/C19H25N5/c1-13-12-24(14(2)11-23(13)3)19-15-7-6-9-16(15)21-18(22-19)17-8-4-5-10-20-17/h4-5,8,10,13-14H,6-7,9,11-12H2,1-3H3/t13-,14-/m0/s1. The number of likely N-dealkylation sites (N-methyl/N-ethyl adjacent to an activating group) is 1. The van der Waals surface area contributed by atoms with Gasteiger partial charge in [-0.1, -0.05) is 6.07 Å². The predicted octanol–water partition coefficient (Wildman–Crippen LogP) is 2.56. The first-order valence-electron chi connectivity index (χ1n) is 8.91. The second-order valence-corrected chi connectivity index (χ2v) is 7.15. The lowest BCUT2D eigenvalue weighted by atomic mass is 10.1. The van der Waals surface area contributed by atoms with Crippen molar-refractivity contribution in [3.8, 4) is 11.5 Å². The van der Waals surface area contributed by atoms with Gasteiger partial charge in [-0.3, -0.25) is 9.88 Å². The smallest absolute Gasteiger partial charge is 0.180 e. The van der Waals surface area contributed by atoms with Gasteiger partial charge in [0.05, 0.1) is 0 Å². The summed E-state index contributed by atoms with van der Waals surface area (Å²) in [6.07, 6.45) is 5.15. The maximum atomic E-state index is 4.98. The highest BCUT2D eigenvalue weighted by Crippen LogP contribution is 2.33. The van der Waals surface area contributed by atoms with Crippen LogP contribution in [0.2, 0.25) is 0 Å². The van der Waals surface area contributed by atoms with E-state index >= 15 is 0 Å². The summed E-state index contributed by atoms with van der Waals surface area (Å²) in [5.41, 5.74) is 3.45. The molecule has 2 atom stereocenters. The van der Waals surface area contributed by atoms with Gasteiger partial charge in [0.15, 0.2) is 5.82 Å². The molecule has 2 aromatic heterocycles. The van der Waals surface area contributed by atoms with Crippen molar-refractivity contribution in [3.05, 3.63) is 35.7 Å². The molecule has 0 radical (unpaired) electrons. The Labute approximate surface area is 143 Å². The summed E-state index contributed by atoms with van der Waals surface area (Å²) in [6, 6.07) is 6.92. The van der Waals surface area contributed by atoms with Crippen LogP contribution < -0.4 is 4.90 Å². The molecule has 0 saturated carbocycles. The van der Waals surface area contributed by atoms with Crippen LogP contribution in [0.15, 0.2) is 24.4 Å². The number of hydrogen-bond acceptors (Lipinski definition) is 5. The Kier molecular flexibility index (Phi) is 3.96. The van der Waals surface area contributed by atoms with Crippen molar-refractivity contribution in [2.75, 3.05) is 25.0 Å². The number of nitrogens with zero attached hydrogens (tertiary/aromatic N) is 5. The first kappa shape index (κ1) is 15.5. The normalized spacial score (nSPS) is 24.2. The molecule has 1 aliphatic heterocycles. The number of pyridine rings is 1. The van der Waals surface area contributed by atoms with Gasteiger partial charge in [0.1, 0.15) is 11.5 Å². The van der Waals surface area contributed by atoms with Crippen molar-refractivity contribution in [1.29, 1.82) is 0 Å². The lowest BCUT2D eigenvalue weighted by molar-refractivity contribution is 0.205. The van der Waals surface area contributed by atoms with E-state index in [0.717, 1.165) is 43.3 Å². The summed E-state index contributed by atoms with van der Waals surface area (Å²) in [6.45, 7) is 6.67. The Morgan fingerprint density at radius 1 is 1.04 bits per heavy atom. The molecule has 5 heteroatoms. The third kappa shape index (κ3) is 2.67. The quantitative estimate of drug-likeness (QED) is 0.850. The van der Waals surface area contributed by atoms with Gasteiger partial charge in [-0.2, -0.15) is 0 Å². The lowest BCUT2D eigenvalue weighted by Gasteiger charge is -2.43. The highest BCUT2D eigenvalue weighted by molar-refractivity contribution is 5.59. The van der Waals surface area contributed by atoms with E-state index in [1.54, 1.807) is 0 Å². The molecule has 5 nitrogen and oxygen atoms in total. The largest absolute Gasteiger partial charge is 0.351 e. The van der Waals surface area contributed by atoms with Crippen LogP contribution in [0.3, 0.4) is 0 Å². The summed E-state index contributed by atoms with van der Waals surface area (Å²) < 4.78 is 0. The minimum Gasteiger partial charge on any atom is -0.351 e. The fourth-order valence-electron chi connectivity index (χ4n) is 3.85. The monoisotopic (exact) mass is 323 g/mol. The van der Waals surface area contributed by atoms with Crippen molar-refractivity contribution in [2.24, 2.45) is 0 Å². The minimum absolute atomic E-state index is 0.461. The fraction of sp³-hybridized carbons (Fsp3) is 0.526. The fourth-order valence-corrected chi connectivity index (χ4v) is 3.85. The zero-order chi connectivity index (χ0) is 16.7. The van der Waals surface area contributed by atoms with E-state index in [-0.39, 0.29) is 0 Å². The van der Waals surface area contributed by atoms with Crippen molar-refractivity contribution in [1.82, 2.24) is 19.9 Å². The Morgan fingerprint density at radius 3 is 2.71 bits per heavy atom. The van der Waals surface area contributed by atoms with Crippen LogP contribution in [0, 0.1) is 0 Å². The van der Waals surface area contributed by atoms with Gasteiger partial charge in [0.2, 0.25) is 0 Å². The summed E-state index contributed by atoms with van der Waals surface area (Å²) in [5.74, 6) is 1.91. The molecule has 3 heterocycles. The average molecular weight is 323 g/mol. The molecule has 0 unspecified atom stereocenters. The number of hydrogen-bond donors (Lipinski definition) is 0. The van der Waals surface area contributed by atoms with Crippen LogP contribution in [0.5, 0.6) is 0 Å². The Hall–Kier alpha value is -2.01. The number of aromatic nitrogens is 3. The van der Waals surface area contributed by atoms with Crippen LogP contribution in [-0.4, -0.2) is 52.1 Å². The van der Waals surface area contributed by atoms with Gasteiger partial charge in [0.25, 0.3) is 0 Å². The van der Waals surface area contributed by atoms with Crippen molar-refractivity contribution in [2.45, 2.75) is 45.2 Å². The molecule has 1 saturated heterocycles. The molecule has 126 valence electrons. The van der Waals surface area contributed by atoms with Crippen molar-refractivity contribution >= 4 is 5.82 Å². The van der Waals surface area contributed by atoms with Crippen molar-refractivity contribution in [3.63, 3.8) is 0 Å². The Balaban J connectivity index is 1.79. The number of aryl methyl sites for hydroxylation is 1.